The molecule has 0 fully saturated rings. The fourth-order valence-electron chi connectivity index (χ4n) is 1.08. The molecule has 0 saturated heterocycles. The number of hydrogen-bond donors (Lipinski definition) is 1. The number of aliphatic hydroxyl groups is 1. The predicted molar refractivity (Wildman–Crippen MR) is 60.9 cm³/mol. The fraction of sp³-hybridized carbons (Fsp3) is 0.455. The number of benzene rings is 1. The molecule has 0 aromatic heterocycles. The lowest BCUT2D eigenvalue weighted by Crippen LogP contribution is -1.88. The lowest BCUT2D eigenvalue weighted by molar-refractivity contribution is 0.296. The summed E-state index contributed by atoms with van der Waals surface area (Å²) in [6.45, 7) is 0.287. The predicted octanol–water partition coefficient (Wildman–Crippen LogP) is 2.31. The van der Waals surface area contributed by atoms with Gasteiger partial charge >= 0.3 is 0 Å². The minimum atomic E-state index is 0.287. The molecule has 1 rings (SSSR count). The summed E-state index contributed by atoms with van der Waals surface area (Å²) in [5.74, 6) is 2.92. The molecule has 1 N–H and O–H groups in total. The van der Waals surface area contributed by atoms with E-state index in [-0.39, 0.29) is 6.61 Å². The molecule has 0 atom stereocenters. The minimum Gasteiger partial charge on any atom is -0.497 e. The third-order valence-corrected chi connectivity index (χ3v) is 2.99. The van der Waals surface area contributed by atoms with E-state index in [1.165, 1.54) is 5.56 Å². The van der Waals surface area contributed by atoms with Gasteiger partial charge in [0.2, 0.25) is 0 Å². The number of thioether (sulfide) groups is 1. The minimum absolute atomic E-state index is 0.287. The molecule has 0 spiro atoms. The zero-order valence-electron chi connectivity index (χ0n) is 8.40. The zero-order chi connectivity index (χ0) is 10.2. The molecule has 0 aliphatic heterocycles. The van der Waals surface area contributed by atoms with Gasteiger partial charge in [0.1, 0.15) is 5.75 Å². The van der Waals surface area contributed by atoms with E-state index in [0.29, 0.717) is 0 Å². The van der Waals surface area contributed by atoms with E-state index in [2.05, 4.69) is 12.1 Å². The second-order valence-corrected chi connectivity index (χ2v) is 4.08. The van der Waals surface area contributed by atoms with Crippen molar-refractivity contribution in [1.82, 2.24) is 0 Å². The molecule has 78 valence electrons. The van der Waals surface area contributed by atoms with Crippen LogP contribution in [-0.4, -0.2) is 24.6 Å². The van der Waals surface area contributed by atoms with Gasteiger partial charge in [-0.05, 0) is 29.9 Å². The Morgan fingerprint density at radius 3 is 2.57 bits per heavy atom. The Labute approximate surface area is 89.3 Å². The first-order chi connectivity index (χ1) is 6.86. The maximum absolute atomic E-state index is 8.60. The summed E-state index contributed by atoms with van der Waals surface area (Å²) in [6, 6.07) is 8.10. The number of aliphatic hydroxyl groups excluding tert-OH is 1. The molecule has 0 amide bonds. The van der Waals surface area contributed by atoms with E-state index < -0.39 is 0 Å². The Balaban J connectivity index is 2.29. The van der Waals surface area contributed by atoms with Crippen LogP contribution in [0.15, 0.2) is 24.3 Å². The average molecular weight is 212 g/mol. The molecule has 0 aliphatic rings. The van der Waals surface area contributed by atoms with Gasteiger partial charge in [-0.2, -0.15) is 11.8 Å². The van der Waals surface area contributed by atoms with Crippen LogP contribution >= 0.6 is 11.8 Å². The van der Waals surface area contributed by atoms with Gasteiger partial charge in [-0.1, -0.05) is 12.1 Å². The van der Waals surface area contributed by atoms with Gasteiger partial charge in [-0.3, -0.25) is 0 Å². The summed E-state index contributed by atoms with van der Waals surface area (Å²) < 4.78 is 5.07. The van der Waals surface area contributed by atoms with Gasteiger partial charge in [0, 0.05) is 12.4 Å². The summed E-state index contributed by atoms with van der Waals surface area (Å²) in [5, 5.41) is 8.60. The summed E-state index contributed by atoms with van der Waals surface area (Å²) in [7, 11) is 1.67. The van der Waals surface area contributed by atoms with Crippen molar-refractivity contribution in [2.45, 2.75) is 12.2 Å². The van der Waals surface area contributed by atoms with Gasteiger partial charge in [0.15, 0.2) is 0 Å². The van der Waals surface area contributed by atoms with E-state index >= 15 is 0 Å². The molecule has 0 aliphatic carbocycles. The molecule has 0 heterocycles. The van der Waals surface area contributed by atoms with Crippen LogP contribution in [-0.2, 0) is 5.75 Å². The summed E-state index contributed by atoms with van der Waals surface area (Å²) >= 11 is 1.84. The molecule has 1 aromatic carbocycles. The number of ether oxygens (including phenoxy) is 1. The van der Waals surface area contributed by atoms with E-state index in [4.69, 9.17) is 9.84 Å². The molecule has 1 aromatic rings. The normalized spacial score (nSPS) is 10.1. The van der Waals surface area contributed by atoms with Crippen molar-refractivity contribution in [3.63, 3.8) is 0 Å². The Morgan fingerprint density at radius 1 is 1.29 bits per heavy atom. The van der Waals surface area contributed by atoms with E-state index in [1.807, 2.05) is 23.9 Å². The lowest BCUT2D eigenvalue weighted by atomic mass is 10.2. The lowest BCUT2D eigenvalue weighted by Gasteiger charge is -2.02. The fourth-order valence-corrected chi connectivity index (χ4v) is 1.98. The van der Waals surface area contributed by atoms with E-state index in [0.717, 1.165) is 23.7 Å². The monoisotopic (exact) mass is 212 g/mol. The maximum atomic E-state index is 8.60. The standard InChI is InChI=1S/C11H16O2S/c1-13-11-5-3-10(4-6-11)9-14-8-2-7-12/h3-6,12H,2,7-9H2,1H3. The molecule has 14 heavy (non-hydrogen) atoms. The topological polar surface area (TPSA) is 29.5 Å². The molecule has 0 radical (unpaired) electrons. The maximum Gasteiger partial charge on any atom is 0.118 e. The van der Waals surface area contributed by atoms with Crippen molar-refractivity contribution in [1.29, 1.82) is 0 Å². The van der Waals surface area contributed by atoms with Crippen LogP contribution in [0, 0.1) is 0 Å². The highest BCUT2D eigenvalue weighted by atomic mass is 32.2. The number of rotatable bonds is 6. The van der Waals surface area contributed by atoms with Gasteiger partial charge in [-0.15, -0.1) is 0 Å². The molecule has 0 unspecified atom stereocenters. The third-order valence-electron chi connectivity index (χ3n) is 1.87. The second-order valence-electron chi connectivity index (χ2n) is 2.98. The van der Waals surface area contributed by atoms with Crippen LogP contribution in [0.3, 0.4) is 0 Å². The van der Waals surface area contributed by atoms with Crippen LogP contribution in [0.25, 0.3) is 0 Å². The van der Waals surface area contributed by atoms with E-state index in [9.17, 15) is 0 Å². The molecular weight excluding hydrogens is 196 g/mol. The van der Waals surface area contributed by atoms with Crippen molar-refractivity contribution < 1.29 is 9.84 Å². The molecular formula is C11H16O2S. The second kappa shape index (κ2) is 6.74. The van der Waals surface area contributed by atoms with Crippen molar-refractivity contribution in [3.05, 3.63) is 29.8 Å². The Bertz CT molecular complexity index is 246. The molecule has 3 heteroatoms. The van der Waals surface area contributed by atoms with Gasteiger partial charge < -0.3 is 9.84 Å². The largest absolute Gasteiger partial charge is 0.497 e. The summed E-state index contributed by atoms with van der Waals surface area (Å²) in [5.41, 5.74) is 1.30. The Morgan fingerprint density at radius 2 is 2.00 bits per heavy atom. The van der Waals surface area contributed by atoms with Crippen LogP contribution in [0.4, 0.5) is 0 Å². The molecule has 2 nitrogen and oxygen atoms in total. The SMILES string of the molecule is COc1ccc(CSCCCO)cc1. The highest BCUT2D eigenvalue weighted by Gasteiger charge is 1.94. The van der Waals surface area contributed by atoms with Gasteiger partial charge in [-0.25, -0.2) is 0 Å². The summed E-state index contributed by atoms with van der Waals surface area (Å²) in [4.78, 5) is 0. The molecule has 0 saturated carbocycles. The quantitative estimate of drug-likeness (QED) is 0.734. The van der Waals surface area contributed by atoms with Gasteiger partial charge in [0.25, 0.3) is 0 Å². The molecule has 0 bridgehead atoms. The smallest absolute Gasteiger partial charge is 0.118 e. The van der Waals surface area contributed by atoms with Crippen LogP contribution < -0.4 is 4.74 Å². The Hall–Kier alpha value is -0.670. The van der Waals surface area contributed by atoms with Crippen LogP contribution in [0.2, 0.25) is 0 Å². The highest BCUT2D eigenvalue weighted by molar-refractivity contribution is 7.98. The third kappa shape index (κ3) is 4.03. The first-order valence-corrected chi connectivity index (χ1v) is 5.84. The Kier molecular flexibility index (Phi) is 5.49. The van der Waals surface area contributed by atoms with Crippen LogP contribution in [0.5, 0.6) is 5.75 Å². The first-order valence-electron chi connectivity index (χ1n) is 4.68. The van der Waals surface area contributed by atoms with Crippen molar-refractivity contribution in [2.75, 3.05) is 19.5 Å². The number of hydrogen-bond acceptors (Lipinski definition) is 3. The van der Waals surface area contributed by atoms with Gasteiger partial charge in [0.05, 0.1) is 7.11 Å². The highest BCUT2D eigenvalue weighted by Crippen LogP contribution is 2.16. The zero-order valence-corrected chi connectivity index (χ0v) is 9.22. The van der Waals surface area contributed by atoms with Crippen LogP contribution in [0.1, 0.15) is 12.0 Å². The van der Waals surface area contributed by atoms with Crippen molar-refractivity contribution in [3.8, 4) is 5.75 Å². The summed E-state index contributed by atoms with van der Waals surface area (Å²) in [6.07, 6.45) is 0.876. The van der Waals surface area contributed by atoms with E-state index in [1.54, 1.807) is 7.11 Å². The first kappa shape index (κ1) is 11.4. The van der Waals surface area contributed by atoms with Crippen molar-refractivity contribution >= 4 is 11.8 Å². The number of methoxy groups -OCH3 is 1. The average Bonchev–Trinajstić information content (AvgIpc) is 2.25. The van der Waals surface area contributed by atoms with Crippen molar-refractivity contribution in [2.24, 2.45) is 0 Å².